The molecular weight excluding hydrogens is 264 g/mol. The number of amides is 2. The van der Waals surface area contributed by atoms with Crippen LogP contribution < -0.4 is 10.2 Å². The van der Waals surface area contributed by atoms with Crippen molar-refractivity contribution in [1.29, 1.82) is 0 Å². The highest BCUT2D eigenvalue weighted by molar-refractivity contribution is 7.13. The number of aromatic nitrogens is 1. The highest BCUT2D eigenvalue weighted by Crippen LogP contribution is 2.20. The molecule has 0 aromatic carbocycles. The number of carbonyl (C=O) groups is 2. The van der Waals surface area contributed by atoms with E-state index in [1.54, 1.807) is 17.5 Å². The largest absolute Gasteiger partial charge is 0.355 e. The molecule has 19 heavy (non-hydrogen) atoms. The van der Waals surface area contributed by atoms with Crippen LogP contribution in [0.5, 0.6) is 0 Å². The average Bonchev–Trinajstić information content (AvgIpc) is 3.09. The Morgan fingerprint density at radius 1 is 1.37 bits per heavy atom. The van der Waals surface area contributed by atoms with Crippen molar-refractivity contribution in [3.8, 4) is 0 Å². The van der Waals surface area contributed by atoms with E-state index < -0.39 is 0 Å². The molecule has 2 aliphatic heterocycles. The van der Waals surface area contributed by atoms with Crippen LogP contribution >= 0.6 is 11.3 Å². The Morgan fingerprint density at radius 2 is 2.16 bits per heavy atom. The fourth-order valence-electron chi connectivity index (χ4n) is 2.53. The highest BCUT2D eigenvalue weighted by atomic mass is 32.1. The summed E-state index contributed by atoms with van der Waals surface area (Å²) in [5.74, 6) is -0.0733. The summed E-state index contributed by atoms with van der Waals surface area (Å²) in [6, 6.07) is 0. The molecule has 0 aliphatic carbocycles. The van der Waals surface area contributed by atoms with Gasteiger partial charge in [0.05, 0.1) is 5.92 Å². The van der Waals surface area contributed by atoms with E-state index in [-0.39, 0.29) is 17.7 Å². The Hall–Kier alpha value is -1.63. The summed E-state index contributed by atoms with van der Waals surface area (Å²) in [7, 11) is 0. The van der Waals surface area contributed by atoms with Crippen molar-refractivity contribution < 1.29 is 9.59 Å². The summed E-state index contributed by atoms with van der Waals surface area (Å²) in [4.78, 5) is 31.7. The van der Waals surface area contributed by atoms with Crippen molar-refractivity contribution in [3.63, 3.8) is 0 Å². The van der Waals surface area contributed by atoms with Crippen LogP contribution in [0.2, 0.25) is 0 Å². The first kappa shape index (κ1) is 12.4. The highest BCUT2D eigenvalue weighted by Gasteiger charge is 2.32. The zero-order chi connectivity index (χ0) is 13.2. The number of anilines is 1. The molecule has 1 atom stereocenters. The van der Waals surface area contributed by atoms with Crippen LogP contribution in [0.4, 0.5) is 5.13 Å². The quantitative estimate of drug-likeness (QED) is 0.823. The van der Waals surface area contributed by atoms with E-state index >= 15 is 0 Å². The summed E-state index contributed by atoms with van der Waals surface area (Å²) in [5, 5.41) is 5.69. The Balaban J connectivity index is 1.55. The SMILES string of the molecule is O=C1CC(C(=O)N2CCN(c3nccs3)CC2)CN1. The molecule has 3 rings (SSSR count). The molecule has 0 bridgehead atoms. The van der Waals surface area contributed by atoms with Crippen molar-refractivity contribution in [2.24, 2.45) is 5.92 Å². The Morgan fingerprint density at radius 3 is 2.74 bits per heavy atom. The smallest absolute Gasteiger partial charge is 0.228 e. The molecule has 1 aromatic rings. The minimum absolute atomic E-state index is 0.0141. The number of nitrogens with zero attached hydrogens (tertiary/aromatic N) is 3. The zero-order valence-electron chi connectivity index (χ0n) is 10.5. The van der Waals surface area contributed by atoms with E-state index in [2.05, 4.69) is 15.2 Å². The minimum atomic E-state index is -0.168. The molecule has 3 heterocycles. The monoisotopic (exact) mass is 280 g/mol. The van der Waals surface area contributed by atoms with Gasteiger partial charge < -0.3 is 15.1 Å². The van der Waals surface area contributed by atoms with E-state index in [0.717, 1.165) is 18.2 Å². The van der Waals surface area contributed by atoms with E-state index in [1.807, 2.05) is 10.3 Å². The van der Waals surface area contributed by atoms with Gasteiger partial charge in [-0.1, -0.05) is 0 Å². The lowest BCUT2D eigenvalue weighted by Gasteiger charge is -2.35. The molecule has 2 amide bonds. The molecule has 0 spiro atoms. The first-order chi connectivity index (χ1) is 9.24. The van der Waals surface area contributed by atoms with Gasteiger partial charge in [-0.3, -0.25) is 9.59 Å². The fourth-order valence-corrected chi connectivity index (χ4v) is 3.22. The second-order valence-electron chi connectivity index (χ2n) is 4.83. The third kappa shape index (κ3) is 2.56. The molecule has 2 saturated heterocycles. The second kappa shape index (κ2) is 5.16. The summed E-state index contributed by atoms with van der Waals surface area (Å²) in [5.41, 5.74) is 0. The molecule has 0 radical (unpaired) electrons. The molecule has 1 unspecified atom stereocenters. The lowest BCUT2D eigenvalue weighted by atomic mass is 10.1. The first-order valence-electron chi connectivity index (χ1n) is 6.44. The normalized spacial score (nSPS) is 23.6. The maximum atomic E-state index is 12.2. The lowest BCUT2D eigenvalue weighted by molar-refractivity contribution is -0.136. The van der Waals surface area contributed by atoms with Crippen LogP contribution in [0.15, 0.2) is 11.6 Å². The predicted molar refractivity (Wildman–Crippen MR) is 72.0 cm³/mol. The van der Waals surface area contributed by atoms with E-state index in [9.17, 15) is 9.59 Å². The number of carbonyl (C=O) groups excluding carboxylic acids is 2. The van der Waals surface area contributed by atoms with Crippen molar-refractivity contribution in [2.45, 2.75) is 6.42 Å². The van der Waals surface area contributed by atoms with Crippen molar-refractivity contribution in [2.75, 3.05) is 37.6 Å². The molecule has 0 saturated carbocycles. The summed E-state index contributed by atoms with van der Waals surface area (Å²) < 4.78 is 0. The van der Waals surface area contributed by atoms with E-state index in [0.29, 0.717) is 26.1 Å². The zero-order valence-corrected chi connectivity index (χ0v) is 11.4. The van der Waals surface area contributed by atoms with Gasteiger partial charge in [0.2, 0.25) is 11.8 Å². The van der Waals surface area contributed by atoms with Crippen molar-refractivity contribution >= 4 is 28.3 Å². The van der Waals surface area contributed by atoms with Crippen LogP contribution in [-0.2, 0) is 9.59 Å². The van der Waals surface area contributed by atoms with Gasteiger partial charge in [-0.2, -0.15) is 0 Å². The number of hydrogen-bond acceptors (Lipinski definition) is 5. The molecule has 1 aromatic heterocycles. The van der Waals surface area contributed by atoms with Crippen LogP contribution in [0.1, 0.15) is 6.42 Å². The lowest BCUT2D eigenvalue weighted by Crippen LogP contribution is -2.50. The third-order valence-electron chi connectivity index (χ3n) is 3.61. The van der Waals surface area contributed by atoms with Gasteiger partial charge >= 0.3 is 0 Å². The molecule has 1 N–H and O–H groups in total. The predicted octanol–water partition coefficient (Wildman–Crippen LogP) is -0.0722. The Kier molecular flexibility index (Phi) is 3.37. The maximum Gasteiger partial charge on any atom is 0.228 e. The maximum absolute atomic E-state index is 12.2. The number of piperazine rings is 1. The second-order valence-corrected chi connectivity index (χ2v) is 5.71. The van der Waals surface area contributed by atoms with Crippen LogP contribution in [0.25, 0.3) is 0 Å². The summed E-state index contributed by atoms with van der Waals surface area (Å²) in [6.07, 6.45) is 2.14. The number of nitrogens with one attached hydrogen (secondary N) is 1. The van der Waals surface area contributed by atoms with Crippen LogP contribution in [0, 0.1) is 5.92 Å². The average molecular weight is 280 g/mol. The van der Waals surface area contributed by atoms with Crippen LogP contribution in [0.3, 0.4) is 0 Å². The van der Waals surface area contributed by atoms with Crippen molar-refractivity contribution in [3.05, 3.63) is 11.6 Å². The third-order valence-corrected chi connectivity index (χ3v) is 4.44. The van der Waals surface area contributed by atoms with Gasteiger partial charge in [0, 0.05) is 50.7 Å². The van der Waals surface area contributed by atoms with E-state index in [1.165, 1.54) is 0 Å². The van der Waals surface area contributed by atoms with E-state index in [4.69, 9.17) is 0 Å². The Labute approximate surface area is 115 Å². The molecular formula is C12H16N4O2S. The van der Waals surface area contributed by atoms with Gasteiger partial charge in [0.1, 0.15) is 0 Å². The van der Waals surface area contributed by atoms with Crippen molar-refractivity contribution in [1.82, 2.24) is 15.2 Å². The minimum Gasteiger partial charge on any atom is -0.355 e. The first-order valence-corrected chi connectivity index (χ1v) is 7.32. The van der Waals surface area contributed by atoms with Gasteiger partial charge in [-0.05, 0) is 0 Å². The molecule has 2 fully saturated rings. The van der Waals surface area contributed by atoms with Gasteiger partial charge in [0.25, 0.3) is 0 Å². The number of thiazole rings is 1. The van der Waals surface area contributed by atoms with Gasteiger partial charge in [0.15, 0.2) is 5.13 Å². The summed E-state index contributed by atoms with van der Waals surface area (Å²) in [6.45, 7) is 3.54. The number of rotatable bonds is 2. The number of hydrogen-bond donors (Lipinski definition) is 1. The molecule has 6 nitrogen and oxygen atoms in total. The van der Waals surface area contributed by atoms with Crippen LogP contribution in [-0.4, -0.2) is 54.4 Å². The topological polar surface area (TPSA) is 65.5 Å². The van der Waals surface area contributed by atoms with Gasteiger partial charge in [-0.15, -0.1) is 11.3 Å². The molecule has 7 heteroatoms. The Bertz CT molecular complexity index is 468. The standard InChI is InChI=1S/C12H16N4O2S/c17-10-7-9(8-14-10)11(18)15-2-4-16(5-3-15)12-13-1-6-19-12/h1,6,9H,2-5,7-8H2,(H,14,17). The summed E-state index contributed by atoms with van der Waals surface area (Å²) >= 11 is 1.62. The fraction of sp³-hybridized carbons (Fsp3) is 0.583. The van der Waals surface area contributed by atoms with Gasteiger partial charge in [-0.25, -0.2) is 4.98 Å². The molecule has 2 aliphatic rings. The molecule has 102 valence electrons.